The highest BCUT2D eigenvalue weighted by Crippen LogP contribution is 2.17. The van der Waals surface area contributed by atoms with Crippen LogP contribution in [0.3, 0.4) is 0 Å². The number of fused-ring (bicyclic) bond motifs is 1. The first-order valence-electron chi connectivity index (χ1n) is 3.84. The number of carbonyl (C=O) groups excluding carboxylic acids is 1. The lowest BCUT2D eigenvalue weighted by molar-refractivity contribution is 0.112. The van der Waals surface area contributed by atoms with Gasteiger partial charge in [-0.15, -0.1) is 0 Å². The zero-order chi connectivity index (χ0) is 8.55. The van der Waals surface area contributed by atoms with Gasteiger partial charge in [-0.25, -0.2) is 0 Å². The van der Waals surface area contributed by atoms with Crippen molar-refractivity contribution in [2.45, 2.75) is 6.92 Å². The Kier molecular flexibility index (Phi) is 1.47. The van der Waals surface area contributed by atoms with Crippen molar-refractivity contribution in [3.05, 3.63) is 35.5 Å². The van der Waals surface area contributed by atoms with Gasteiger partial charge in [-0.3, -0.25) is 4.79 Å². The minimum atomic E-state index is 0.756. The van der Waals surface area contributed by atoms with Crippen LogP contribution >= 0.6 is 0 Å². The highest BCUT2D eigenvalue weighted by Gasteiger charge is 2.00. The SMILES string of the molecule is Cc1cc(C=O)c2cc[nH]c2c1. The zero-order valence-corrected chi connectivity index (χ0v) is 6.79. The van der Waals surface area contributed by atoms with Gasteiger partial charge in [0.05, 0.1) is 0 Å². The Morgan fingerprint density at radius 2 is 2.25 bits per heavy atom. The molecule has 0 aliphatic rings. The summed E-state index contributed by atoms with van der Waals surface area (Å²) < 4.78 is 0. The molecule has 1 aromatic heterocycles. The molecule has 0 bridgehead atoms. The monoisotopic (exact) mass is 159 g/mol. The van der Waals surface area contributed by atoms with Crippen LogP contribution in [0.2, 0.25) is 0 Å². The third-order valence-electron chi connectivity index (χ3n) is 1.97. The van der Waals surface area contributed by atoms with Gasteiger partial charge in [-0.05, 0) is 30.7 Å². The number of aromatic amines is 1. The molecule has 2 rings (SSSR count). The Labute approximate surface area is 70.2 Å². The zero-order valence-electron chi connectivity index (χ0n) is 6.79. The summed E-state index contributed by atoms with van der Waals surface area (Å²) in [6, 6.07) is 5.84. The first kappa shape index (κ1) is 7.10. The van der Waals surface area contributed by atoms with Crippen molar-refractivity contribution < 1.29 is 4.79 Å². The molecule has 1 heterocycles. The Bertz CT molecular complexity index is 428. The third-order valence-corrected chi connectivity index (χ3v) is 1.97. The number of aldehydes is 1. The predicted octanol–water partition coefficient (Wildman–Crippen LogP) is 2.29. The fourth-order valence-electron chi connectivity index (χ4n) is 1.44. The number of nitrogens with one attached hydrogen (secondary N) is 1. The highest BCUT2D eigenvalue weighted by atomic mass is 16.1. The van der Waals surface area contributed by atoms with Crippen LogP contribution in [0.5, 0.6) is 0 Å². The van der Waals surface area contributed by atoms with Crippen molar-refractivity contribution in [2.75, 3.05) is 0 Å². The number of carbonyl (C=O) groups is 1. The average molecular weight is 159 g/mol. The summed E-state index contributed by atoms with van der Waals surface area (Å²) >= 11 is 0. The molecule has 0 aliphatic heterocycles. The van der Waals surface area contributed by atoms with Crippen molar-refractivity contribution >= 4 is 17.2 Å². The van der Waals surface area contributed by atoms with Crippen LogP contribution in [0.1, 0.15) is 15.9 Å². The van der Waals surface area contributed by atoms with Gasteiger partial charge in [0.1, 0.15) is 0 Å². The van der Waals surface area contributed by atoms with E-state index in [1.807, 2.05) is 31.3 Å². The molecule has 0 atom stereocenters. The summed E-state index contributed by atoms with van der Waals surface area (Å²) in [7, 11) is 0. The molecule has 0 amide bonds. The van der Waals surface area contributed by atoms with E-state index in [4.69, 9.17) is 0 Å². The summed E-state index contributed by atoms with van der Waals surface area (Å²) in [5.74, 6) is 0. The minimum Gasteiger partial charge on any atom is -0.361 e. The van der Waals surface area contributed by atoms with Crippen molar-refractivity contribution in [3.8, 4) is 0 Å². The van der Waals surface area contributed by atoms with Crippen LogP contribution in [0.4, 0.5) is 0 Å². The van der Waals surface area contributed by atoms with Gasteiger partial charge < -0.3 is 4.98 Å². The highest BCUT2D eigenvalue weighted by molar-refractivity contribution is 5.97. The van der Waals surface area contributed by atoms with Gasteiger partial charge in [0.25, 0.3) is 0 Å². The van der Waals surface area contributed by atoms with Gasteiger partial charge in [0, 0.05) is 22.7 Å². The first-order chi connectivity index (χ1) is 5.81. The summed E-state index contributed by atoms with van der Waals surface area (Å²) in [4.78, 5) is 13.7. The van der Waals surface area contributed by atoms with E-state index >= 15 is 0 Å². The maximum atomic E-state index is 10.7. The molecule has 0 radical (unpaired) electrons. The van der Waals surface area contributed by atoms with E-state index in [1.54, 1.807) is 0 Å². The van der Waals surface area contributed by atoms with Gasteiger partial charge >= 0.3 is 0 Å². The molecule has 0 fully saturated rings. The predicted molar refractivity (Wildman–Crippen MR) is 48.4 cm³/mol. The second kappa shape index (κ2) is 2.48. The van der Waals surface area contributed by atoms with Crippen LogP contribution < -0.4 is 0 Å². The number of aromatic nitrogens is 1. The van der Waals surface area contributed by atoms with E-state index in [1.165, 1.54) is 0 Å². The largest absolute Gasteiger partial charge is 0.361 e. The van der Waals surface area contributed by atoms with Crippen LogP contribution in [-0.2, 0) is 0 Å². The van der Waals surface area contributed by atoms with Crippen molar-refractivity contribution in [1.82, 2.24) is 4.98 Å². The smallest absolute Gasteiger partial charge is 0.150 e. The van der Waals surface area contributed by atoms with E-state index in [9.17, 15) is 4.79 Å². The second-order valence-corrected chi connectivity index (χ2v) is 2.91. The molecular weight excluding hydrogens is 150 g/mol. The average Bonchev–Trinajstić information content (AvgIpc) is 2.50. The number of H-pyrrole nitrogens is 1. The number of aryl methyl sites for hydroxylation is 1. The molecular formula is C10H9NO. The van der Waals surface area contributed by atoms with Gasteiger partial charge in [-0.1, -0.05) is 0 Å². The number of hydrogen-bond acceptors (Lipinski definition) is 1. The van der Waals surface area contributed by atoms with Crippen molar-refractivity contribution in [1.29, 1.82) is 0 Å². The number of rotatable bonds is 1. The van der Waals surface area contributed by atoms with E-state index in [-0.39, 0.29) is 0 Å². The standard InChI is InChI=1S/C10H9NO/c1-7-4-8(6-12)9-2-3-11-10(9)5-7/h2-6,11H,1H3. The number of benzene rings is 1. The summed E-state index contributed by atoms with van der Waals surface area (Å²) in [6.07, 6.45) is 2.74. The Hall–Kier alpha value is -1.57. The second-order valence-electron chi connectivity index (χ2n) is 2.91. The molecule has 0 aliphatic carbocycles. The van der Waals surface area contributed by atoms with Gasteiger partial charge in [0.15, 0.2) is 6.29 Å². The van der Waals surface area contributed by atoms with Crippen molar-refractivity contribution in [2.24, 2.45) is 0 Å². The molecule has 0 saturated heterocycles. The summed E-state index contributed by atoms with van der Waals surface area (Å²) in [5.41, 5.74) is 2.88. The lowest BCUT2D eigenvalue weighted by Crippen LogP contribution is -1.82. The Balaban J connectivity index is 2.88. The van der Waals surface area contributed by atoms with Gasteiger partial charge in [-0.2, -0.15) is 0 Å². The van der Waals surface area contributed by atoms with Crippen LogP contribution in [0.25, 0.3) is 10.9 Å². The molecule has 2 heteroatoms. The summed E-state index contributed by atoms with van der Waals surface area (Å²) in [5, 5.41) is 0.996. The van der Waals surface area contributed by atoms with E-state index < -0.39 is 0 Å². The molecule has 12 heavy (non-hydrogen) atoms. The molecule has 2 aromatic rings. The van der Waals surface area contributed by atoms with E-state index in [0.717, 1.165) is 28.3 Å². The lowest BCUT2D eigenvalue weighted by Gasteiger charge is -1.96. The fraction of sp³-hybridized carbons (Fsp3) is 0.100. The van der Waals surface area contributed by atoms with Gasteiger partial charge in [0.2, 0.25) is 0 Å². The maximum Gasteiger partial charge on any atom is 0.150 e. The molecule has 1 aromatic carbocycles. The minimum absolute atomic E-state index is 0.756. The molecule has 0 saturated carbocycles. The fourth-order valence-corrected chi connectivity index (χ4v) is 1.44. The molecule has 0 unspecified atom stereocenters. The maximum absolute atomic E-state index is 10.7. The number of hydrogen-bond donors (Lipinski definition) is 1. The molecule has 2 nitrogen and oxygen atoms in total. The molecule has 1 N–H and O–H groups in total. The Morgan fingerprint density at radius 1 is 1.42 bits per heavy atom. The molecule has 60 valence electrons. The quantitative estimate of drug-likeness (QED) is 0.636. The van der Waals surface area contributed by atoms with Crippen molar-refractivity contribution in [3.63, 3.8) is 0 Å². The Morgan fingerprint density at radius 3 is 3.00 bits per heavy atom. The lowest BCUT2D eigenvalue weighted by atomic mass is 10.1. The van der Waals surface area contributed by atoms with E-state index in [2.05, 4.69) is 4.98 Å². The van der Waals surface area contributed by atoms with Crippen LogP contribution in [0.15, 0.2) is 24.4 Å². The third kappa shape index (κ3) is 0.925. The first-order valence-corrected chi connectivity index (χ1v) is 3.84. The normalized spacial score (nSPS) is 10.4. The van der Waals surface area contributed by atoms with E-state index in [0.29, 0.717) is 0 Å². The summed E-state index contributed by atoms with van der Waals surface area (Å²) in [6.45, 7) is 1.98. The molecule has 0 spiro atoms. The topological polar surface area (TPSA) is 32.9 Å². The van der Waals surface area contributed by atoms with Crippen LogP contribution in [-0.4, -0.2) is 11.3 Å². The van der Waals surface area contributed by atoms with Crippen LogP contribution in [0, 0.1) is 6.92 Å².